The lowest BCUT2D eigenvalue weighted by Gasteiger charge is -2.10. The molecule has 0 saturated carbocycles. The van der Waals surface area contributed by atoms with Crippen LogP contribution in [0.5, 0.6) is 0 Å². The van der Waals surface area contributed by atoms with Crippen LogP contribution in [0.4, 0.5) is 0 Å². The largest absolute Gasteiger partial charge is 0.260 e. The lowest BCUT2D eigenvalue weighted by Crippen LogP contribution is -2.10. The van der Waals surface area contributed by atoms with Crippen molar-refractivity contribution in [2.75, 3.05) is 0 Å². The smallest absolute Gasteiger partial charge is 0.0539 e. The molecule has 0 amide bonds. The van der Waals surface area contributed by atoms with Crippen molar-refractivity contribution in [1.82, 2.24) is 0 Å². The van der Waals surface area contributed by atoms with Gasteiger partial charge in [-0.25, -0.2) is 0 Å². The maximum Gasteiger partial charge on any atom is 0.0539 e. The number of rotatable bonds is 0. The Hall–Kier alpha value is -1.11. The fraction of sp³-hybridized carbons (Fsp3) is 0.222. The normalized spacial score (nSPS) is 27.9. The van der Waals surface area contributed by atoms with E-state index in [1.165, 1.54) is 11.3 Å². The second-order valence-electron chi connectivity index (χ2n) is 2.62. The molecule has 2 rings (SSSR count). The molecule has 0 spiro atoms. The molecule has 0 bridgehead atoms. The van der Waals surface area contributed by atoms with Crippen molar-refractivity contribution < 1.29 is 0 Å². The average molecular weight is 131 g/mol. The van der Waals surface area contributed by atoms with Gasteiger partial charge in [-0.3, -0.25) is 4.99 Å². The predicted octanol–water partition coefficient (Wildman–Crippen LogP) is 2.09. The average Bonchev–Trinajstić information content (AvgIpc) is 2.36. The molecular formula is C9H9N. The van der Waals surface area contributed by atoms with Crippen LogP contribution in [0.1, 0.15) is 6.92 Å². The zero-order valence-electron chi connectivity index (χ0n) is 5.91. The maximum absolute atomic E-state index is 4.26. The molecule has 1 atom stereocenters. The monoisotopic (exact) mass is 131 g/mol. The number of allylic oxidation sites excluding steroid dienone is 5. The van der Waals surface area contributed by atoms with Gasteiger partial charge in [0.25, 0.3) is 0 Å². The molecule has 0 aromatic carbocycles. The highest BCUT2D eigenvalue weighted by molar-refractivity contribution is 6.06. The van der Waals surface area contributed by atoms with E-state index in [1.54, 1.807) is 0 Å². The van der Waals surface area contributed by atoms with Crippen molar-refractivity contribution in [3.05, 3.63) is 36.1 Å². The summed E-state index contributed by atoms with van der Waals surface area (Å²) in [6.45, 7) is 2.10. The van der Waals surface area contributed by atoms with Gasteiger partial charge >= 0.3 is 0 Å². The van der Waals surface area contributed by atoms with Crippen molar-refractivity contribution in [3.63, 3.8) is 0 Å². The molecule has 1 nitrogen and oxygen atoms in total. The second-order valence-corrected chi connectivity index (χ2v) is 2.62. The number of fused-ring (bicyclic) bond motifs is 1. The van der Waals surface area contributed by atoms with Crippen LogP contribution in [0.3, 0.4) is 0 Å². The predicted molar refractivity (Wildman–Crippen MR) is 43.0 cm³/mol. The Labute approximate surface area is 60.5 Å². The molecule has 1 aliphatic heterocycles. The fourth-order valence-electron chi connectivity index (χ4n) is 1.32. The van der Waals surface area contributed by atoms with E-state index in [0.717, 1.165) is 0 Å². The molecule has 0 aromatic heterocycles. The van der Waals surface area contributed by atoms with Crippen LogP contribution in [-0.2, 0) is 0 Å². The van der Waals surface area contributed by atoms with E-state index in [9.17, 15) is 0 Å². The third kappa shape index (κ3) is 0.670. The van der Waals surface area contributed by atoms with Gasteiger partial charge in [0.1, 0.15) is 0 Å². The Morgan fingerprint density at radius 3 is 3.10 bits per heavy atom. The molecule has 10 heavy (non-hydrogen) atoms. The molecule has 2 aliphatic rings. The van der Waals surface area contributed by atoms with Crippen molar-refractivity contribution in [2.45, 2.75) is 6.92 Å². The molecule has 50 valence electrons. The summed E-state index contributed by atoms with van der Waals surface area (Å²) >= 11 is 0. The van der Waals surface area contributed by atoms with Gasteiger partial charge in [-0.2, -0.15) is 0 Å². The van der Waals surface area contributed by atoms with Crippen LogP contribution in [0.15, 0.2) is 41.1 Å². The first kappa shape index (κ1) is 5.66. The summed E-state index contributed by atoms with van der Waals surface area (Å²) in [6, 6.07) is 0. The number of nitrogens with zero attached hydrogens (tertiary/aromatic N) is 1. The zero-order valence-corrected chi connectivity index (χ0v) is 5.91. The van der Waals surface area contributed by atoms with Gasteiger partial charge in [0, 0.05) is 12.1 Å². The number of hydrogen-bond acceptors (Lipinski definition) is 1. The van der Waals surface area contributed by atoms with Crippen molar-refractivity contribution >= 4 is 5.71 Å². The molecule has 1 heterocycles. The second kappa shape index (κ2) is 1.94. The van der Waals surface area contributed by atoms with Crippen LogP contribution in [0.2, 0.25) is 0 Å². The van der Waals surface area contributed by atoms with Crippen LogP contribution < -0.4 is 0 Å². The van der Waals surface area contributed by atoms with Gasteiger partial charge < -0.3 is 0 Å². The molecule has 0 radical (unpaired) electrons. The van der Waals surface area contributed by atoms with Gasteiger partial charge in [0.15, 0.2) is 0 Å². The lowest BCUT2D eigenvalue weighted by molar-refractivity contribution is 1.14. The minimum atomic E-state index is 0.463. The summed E-state index contributed by atoms with van der Waals surface area (Å²) in [5, 5.41) is 0. The van der Waals surface area contributed by atoms with E-state index in [4.69, 9.17) is 0 Å². The summed E-state index contributed by atoms with van der Waals surface area (Å²) in [5.41, 5.74) is 2.50. The highest BCUT2D eigenvalue weighted by Gasteiger charge is 2.16. The van der Waals surface area contributed by atoms with Gasteiger partial charge in [0.05, 0.1) is 5.71 Å². The summed E-state index contributed by atoms with van der Waals surface area (Å²) in [5.74, 6) is 0.463. The lowest BCUT2D eigenvalue weighted by atomic mass is 9.94. The highest BCUT2D eigenvalue weighted by Crippen LogP contribution is 2.21. The van der Waals surface area contributed by atoms with Crippen LogP contribution in [0.25, 0.3) is 0 Å². The van der Waals surface area contributed by atoms with E-state index in [-0.39, 0.29) is 0 Å². The topological polar surface area (TPSA) is 12.4 Å². The first-order chi connectivity index (χ1) is 4.88. The van der Waals surface area contributed by atoms with E-state index >= 15 is 0 Å². The Balaban J connectivity index is 2.44. The first-order valence-electron chi connectivity index (χ1n) is 3.48. The van der Waals surface area contributed by atoms with E-state index in [0.29, 0.717) is 5.92 Å². The van der Waals surface area contributed by atoms with E-state index in [1.807, 2.05) is 6.20 Å². The Kier molecular flexibility index (Phi) is 1.10. The molecule has 0 N–H and O–H groups in total. The third-order valence-electron chi connectivity index (χ3n) is 1.89. The Morgan fingerprint density at radius 2 is 2.30 bits per heavy atom. The third-order valence-corrected chi connectivity index (χ3v) is 1.89. The maximum atomic E-state index is 4.26. The van der Waals surface area contributed by atoms with Gasteiger partial charge in [-0.1, -0.05) is 24.3 Å². The van der Waals surface area contributed by atoms with E-state index in [2.05, 4.69) is 36.2 Å². The summed E-state index contributed by atoms with van der Waals surface area (Å²) in [4.78, 5) is 4.26. The molecular weight excluding hydrogens is 122 g/mol. The quantitative estimate of drug-likeness (QED) is 0.477. The molecule has 0 saturated heterocycles. The minimum absolute atomic E-state index is 0.463. The molecule has 0 fully saturated rings. The van der Waals surface area contributed by atoms with Crippen LogP contribution >= 0.6 is 0 Å². The highest BCUT2D eigenvalue weighted by atomic mass is 14.7. The summed E-state index contributed by atoms with van der Waals surface area (Å²) in [7, 11) is 0. The Bertz CT molecular complexity index is 266. The fourth-order valence-corrected chi connectivity index (χ4v) is 1.32. The first-order valence-corrected chi connectivity index (χ1v) is 3.48. The van der Waals surface area contributed by atoms with Gasteiger partial charge in [-0.15, -0.1) is 0 Å². The summed E-state index contributed by atoms with van der Waals surface area (Å²) < 4.78 is 0. The van der Waals surface area contributed by atoms with Crippen molar-refractivity contribution in [2.24, 2.45) is 10.9 Å². The SMILES string of the molecule is CC1=CC=CC2C=CN=C12. The van der Waals surface area contributed by atoms with Crippen molar-refractivity contribution in [3.8, 4) is 0 Å². The molecule has 1 heteroatoms. The molecule has 0 aromatic rings. The van der Waals surface area contributed by atoms with Gasteiger partial charge in [-0.05, 0) is 12.5 Å². The minimum Gasteiger partial charge on any atom is -0.260 e. The summed E-state index contributed by atoms with van der Waals surface area (Å²) in [6.07, 6.45) is 10.3. The zero-order chi connectivity index (χ0) is 6.97. The molecule has 1 aliphatic carbocycles. The molecule has 1 unspecified atom stereocenters. The number of hydrogen-bond donors (Lipinski definition) is 0. The Morgan fingerprint density at radius 1 is 1.40 bits per heavy atom. The van der Waals surface area contributed by atoms with Gasteiger partial charge in [0.2, 0.25) is 0 Å². The van der Waals surface area contributed by atoms with Crippen LogP contribution in [0, 0.1) is 5.92 Å². The van der Waals surface area contributed by atoms with E-state index < -0.39 is 0 Å². The van der Waals surface area contributed by atoms with Crippen molar-refractivity contribution in [1.29, 1.82) is 0 Å². The number of aliphatic imine (C=N–C) groups is 1. The standard InChI is InChI=1S/C9H9N/c1-7-3-2-4-8-5-6-10-9(7)8/h2-6,8H,1H3. The van der Waals surface area contributed by atoms with Crippen LogP contribution in [-0.4, -0.2) is 5.71 Å².